The van der Waals surface area contributed by atoms with Crippen LogP contribution in [0.3, 0.4) is 0 Å². The number of hydrogen-bond acceptors (Lipinski definition) is 2. The molecule has 0 radical (unpaired) electrons. The minimum atomic E-state index is 0.357. The molecule has 1 atom stereocenters. The van der Waals surface area contributed by atoms with Crippen LogP contribution in [0.15, 0.2) is 0 Å². The molecule has 2 rings (SSSR count). The molecule has 2 heteroatoms. The maximum absolute atomic E-state index is 2.74. The van der Waals surface area contributed by atoms with E-state index < -0.39 is 0 Å². The average molecular weight is 281 g/mol. The Morgan fingerprint density at radius 3 is 1.90 bits per heavy atom. The van der Waals surface area contributed by atoms with Gasteiger partial charge in [-0.1, -0.05) is 20.8 Å². The molecule has 0 spiro atoms. The van der Waals surface area contributed by atoms with Crippen molar-refractivity contribution in [1.29, 1.82) is 0 Å². The molecule has 0 saturated carbocycles. The summed E-state index contributed by atoms with van der Waals surface area (Å²) in [6.45, 7) is 20.9. The summed E-state index contributed by atoms with van der Waals surface area (Å²) >= 11 is 0. The van der Waals surface area contributed by atoms with Crippen molar-refractivity contribution < 1.29 is 0 Å². The summed E-state index contributed by atoms with van der Waals surface area (Å²) in [5.74, 6) is 1.84. The lowest BCUT2D eigenvalue weighted by atomic mass is 9.80. The van der Waals surface area contributed by atoms with Gasteiger partial charge in [-0.25, -0.2) is 0 Å². The van der Waals surface area contributed by atoms with E-state index in [2.05, 4.69) is 51.3 Å². The van der Waals surface area contributed by atoms with Crippen LogP contribution in [0.4, 0.5) is 0 Å². The molecule has 2 saturated heterocycles. The highest BCUT2D eigenvalue weighted by Gasteiger charge is 2.33. The largest absolute Gasteiger partial charge is 0.303 e. The fourth-order valence-corrected chi connectivity index (χ4v) is 3.86. The van der Waals surface area contributed by atoms with E-state index in [-0.39, 0.29) is 0 Å². The lowest BCUT2D eigenvalue weighted by Gasteiger charge is -2.41. The molecule has 0 aromatic carbocycles. The zero-order valence-electron chi connectivity index (χ0n) is 14.7. The second kappa shape index (κ2) is 5.96. The van der Waals surface area contributed by atoms with E-state index in [0.717, 1.165) is 11.8 Å². The van der Waals surface area contributed by atoms with Crippen molar-refractivity contribution in [3.63, 3.8) is 0 Å². The number of piperidine rings is 1. The van der Waals surface area contributed by atoms with Gasteiger partial charge in [0.25, 0.3) is 0 Å². The lowest BCUT2D eigenvalue weighted by Crippen LogP contribution is -2.47. The molecular weight excluding hydrogens is 244 g/mol. The van der Waals surface area contributed by atoms with Crippen molar-refractivity contribution in [3.05, 3.63) is 0 Å². The monoisotopic (exact) mass is 280 g/mol. The van der Waals surface area contributed by atoms with E-state index in [9.17, 15) is 0 Å². The zero-order chi connectivity index (χ0) is 15.0. The molecule has 118 valence electrons. The van der Waals surface area contributed by atoms with Gasteiger partial charge < -0.3 is 4.90 Å². The molecule has 2 nitrogen and oxygen atoms in total. The molecule has 20 heavy (non-hydrogen) atoms. The molecule has 2 aliphatic rings. The first-order chi connectivity index (χ1) is 9.16. The number of hydrogen-bond donors (Lipinski definition) is 0. The van der Waals surface area contributed by atoms with Gasteiger partial charge in [0.15, 0.2) is 0 Å². The minimum absolute atomic E-state index is 0.357. The Kier molecular flexibility index (Phi) is 4.86. The minimum Gasteiger partial charge on any atom is -0.303 e. The van der Waals surface area contributed by atoms with Crippen molar-refractivity contribution in [2.45, 2.75) is 66.3 Å². The second-order valence-electron chi connectivity index (χ2n) is 9.21. The van der Waals surface area contributed by atoms with Gasteiger partial charge >= 0.3 is 0 Å². The third-order valence-corrected chi connectivity index (χ3v) is 5.58. The Hall–Kier alpha value is -0.0800. The average Bonchev–Trinajstić information content (AvgIpc) is 2.77. The maximum atomic E-state index is 2.74. The third kappa shape index (κ3) is 4.21. The summed E-state index contributed by atoms with van der Waals surface area (Å²) in [5.41, 5.74) is 0.848. The Morgan fingerprint density at radius 2 is 1.45 bits per heavy atom. The Bertz CT molecular complexity index is 302. The predicted molar refractivity (Wildman–Crippen MR) is 88.1 cm³/mol. The summed E-state index contributed by atoms with van der Waals surface area (Å²) < 4.78 is 0. The molecule has 0 bridgehead atoms. The van der Waals surface area contributed by atoms with E-state index in [1.165, 1.54) is 52.0 Å². The zero-order valence-corrected chi connectivity index (χ0v) is 14.7. The van der Waals surface area contributed by atoms with Gasteiger partial charge in [-0.3, -0.25) is 4.90 Å². The van der Waals surface area contributed by atoms with Gasteiger partial charge in [0.2, 0.25) is 0 Å². The van der Waals surface area contributed by atoms with Gasteiger partial charge in [-0.2, -0.15) is 0 Å². The molecule has 0 N–H and O–H groups in total. The number of rotatable bonds is 2. The van der Waals surface area contributed by atoms with Crippen LogP contribution in [-0.4, -0.2) is 48.1 Å². The third-order valence-electron chi connectivity index (χ3n) is 5.58. The Labute approximate surface area is 126 Å². The van der Waals surface area contributed by atoms with Gasteiger partial charge in [-0.15, -0.1) is 0 Å². The maximum Gasteiger partial charge on any atom is 0.0125 e. The molecule has 0 aliphatic carbocycles. The molecule has 1 unspecified atom stereocenters. The van der Waals surface area contributed by atoms with Crippen molar-refractivity contribution in [1.82, 2.24) is 9.80 Å². The van der Waals surface area contributed by atoms with Crippen molar-refractivity contribution in [3.8, 4) is 0 Å². The molecule has 0 aromatic rings. The van der Waals surface area contributed by atoms with Crippen molar-refractivity contribution in [2.24, 2.45) is 17.3 Å². The molecular formula is C18H36N2. The number of likely N-dealkylation sites (tertiary alicyclic amines) is 2. The SMILES string of the molecule is CC(C)(C)C1CCN(CC2CCN(C(C)(C)C)CC2)C1. The first kappa shape index (κ1) is 16.3. The fraction of sp³-hybridized carbons (Fsp3) is 1.00. The Morgan fingerprint density at radius 1 is 0.850 bits per heavy atom. The van der Waals surface area contributed by atoms with E-state index in [1.54, 1.807) is 0 Å². The summed E-state index contributed by atoms with van der Waals surface area (Å²) in [7, 11) is 0. The highest BCUT2D eigenvalue weighted by Crippen LogP contribution is 2.34. The molecule has 2 heterocycles. The fourth-order valence-electron chi connectivity index (χ4n) is 3.86. The van der Waals surface area contributed by atoms with Crippen LogP contribution in [0.1, 0.15) is 60.8 Å². The number of nitrogens with zero attached hydrogens (tertiary/aromatic N) is 2. The van der Waals surface area contributed by atoms with Crippen LogP contribution in [0.2, 0.25) is 0 Å². The molecule has 0 amide bonds. The van der Waals surface area contributed by atoms with Crippen LogP contribution < -0.4 is 0 Å². The standard InChI is InChI=1S/C18H36N2/c1-17(2,3)16-9-10-19(14-16)13-15-7-11-20(12-8-15)18(4,5)6/h15-16H,7-14H2,1-6H3. The summed E-state index contributed by atoms with van der Waals surface area (Å²) in [6, 6.07) is 0. The summed E-state index contributed by atoms with van der Waals surface area (Å²) in [5, 5.41) is 0. The molecule has 2 aliphatic heterocycles. The molecule has 2 fully saturated rings. The van der Waals surface area contributed by atoms with E-state index >= 15 is 0 Å². The van der Waals surface area contributed by atoms with Crippen molar-refractivity contribution >= 4 is 0 Å². The Balaban J connectivity index is 1.74. The quantitative estimate of drug-likeness (QED) is 0.758. The van der Waals surface area contributed by atoms with Crippen LogP contribution in [0, 0.1) is 17.3 Å². The van der Waals surface area contributed by atoms with E-state index in [4.69, 9.17) is 0 Å². The van der Waals surface area contributed by atoms with Crippen LogP contribution in [-0.2, 0) is 0 Å². The van der Waals surface area contributed by atoms with Gasteiger partial charge in [0, 0.05) is 18.6 Å². The smallest absolute Gasteiger partial charge is 0.0125 e. The topological polar surface area (TPSA) is 6.48 Å². The first-order valence-electron chi connectivity index (χ1n) is 8.63. The predicted octanol–water partition coefficient (Wildman–Crippen LogP) is 3.86. The van der Waals surface area contributed by atoms with Gasteiger partial charge in [0.1, 0.15) is 0 Å². The highest BCUT2D eigenvalue weighted by atomic mass is 15.2. The van der Waals surface area contributed by atoms with E-state index in [1.807, 2.05) is 0 Å². The van der Waals surface area contributed by atoms with Gasteiger partial charge in [-0.05, 0) is 76.9 Å². The van der Waals surface area contributed by atoms with E-state index in [0.29, 0.717) is 11.0 Å². The first-order valence-corrected chi connectivity index (χ1v) is 8.63. The van der Waals surface area contributed by atoms with Crippen molar-refractivity contribution in [2.75, 3.05) is 32.7 Å². The summed E-state index contributed by atoms with van der Waals surface area (Å²) in [6.07, 6.45) is 4.20. The van der Waals surface area contributed by atoms with Crippen LogP contribution >= 0.6 is 0 Å². The highest BCUT2D eigenvalue weighted by molar-refractivity contribution is 4.87. The van der Waals surface area contributed by atoms with Gasteiger partial charge in [0.05, 0.1) is 0 Å². The normalized spacial score (nSPS) is 28.2. The van der Waals surface area contributed by atoms with Crippen LogP contribution in [0.25, 0.3) is 0 Å². The summed E-state index contributed by atoms with van der Waals surface area (Å²) in [4.78, 5) is 5.40. The lowest BCUT2D eigenvalue weighted by molar-refractivity contribution is 0.0761. The van der Waals surface area contributed by atoms with Crippen LogP contribution in [0.5, 0.6) is 0 Å². The second-order valence-corrected chi connectivity index (χ2v) is 9.21. The molecule has 0 aromatic heterocycles.